The lowest BCUT2D eigenvalue weighted by Gasteiger charge is -2.19. The molecule has 0 saturated carbocycles. The number of benzene rings is 1. The van der Waals surface area contributed by atoms with Gasteiger partial charge in [-0.15, -0.1) is 24.5 Å². The highest BCUT2D eigenvalue weighted by Crippen LogP contribution is 2.34. The molecule has 7 heteroatoms. The maximum absolute atomic E-state index is 12.4. The first-order chi connectivity index (χ1) is 9.40. The molecule has 0 radical (unpaired) electrons. The number of alkyl halides is 3. The minimum atomic E-state index is -4.72. The molecule has 1 unspecified atom stereocenters. The number of hydrogen-bond donors (Lipinski definition) is 1. The number of aromatic nitrogens is 1. The van der Waals surface area contributed by atoms with Gasteiger partial charge in [0.1, 0.15) is 10.8 Å². The van der Waals surface area contributed by atoms with Gasteiger partial charge in [0.25, 0.3) is 0 Å². The molecule has 20 heavy (non-hydrogen) atoms. The molecule has 0 amide bonds. The first kappa shape index (κ1) is 14.8. The summed E-state index contributed by atoms with van der Waals surface area (Å²) in [5.41, 5.74) is 1.24. The van der Waals surface area contributed by atoms with E-state index in [1.165, 1.54) is 23.5 Å². The molecule has 108 valence electrons. The second-order valence-electron chi connectivity index (χ2n) is 4.13. The Morgan fingerprint density at radius 2 is 2.00 bits per heavy atom. The molecule has 2 aromatic rings. The van der Waals surface area contributed by atoms with Crippen LogP contribution in [0.1, 0.15) is 22.3 Å². The average molecular weight is 302 g/mol. The van der Waals surface area contributed by atoms with Crippen molar-refractivity contribution in [2.45, 2.75) is 19.3 Å². The third kappa shape index (κ3) is 3.49. The van der Waals surface area contributed by atoms with Crippen molar-refractivity contribution in [3.8, 4) is 5.75 Å². The highest BCUT2D eigenvalue weighted by atomic mass is 32.1. The molecule has 3 nitrogen and oxygen atoms in total. The topological polar surface area (TPSA) is 34.2 Å². The Labute approximate surface area is 118 Å². The maximum Gasteiger partial charge on any atom is 0.573 e. The van der Waals surface area contributed by atoms with Crippen LogP contribution in [0.2, 0.25) is 0 Å². The number of nitrogens with zero attached hydrogens (tertiary/aromatic N) is 1. The van der Waals surface area contributed by atoms with Crippen LogP contribution < -0.4 is 10.1 Å². The van der Waals surface area contributed by atoms with E-state index in [1.807, 2.05) is 12.3 Å². The fraction of sp³-hybridized carbons (Fsp3) is 0.308. The Kier molecular flexibility index (Phi) is 4.29. The third-order valence-corrected chi connectivity index (χ3v) is 3.66. The number of rotatable bonds is 4. The smallest absolute Gasteiger partial charge is 0.405 e. The Morgan fingerprint density at radius 3 is 2.55 bits per heavy atom. The van der Waals surface area contributed by atoms with E-state index in [-0.39, 0.29) is 5.75 Å². The van der Waals surface area contributed by atoms with Crippen LogP contribution in [0, 0.1) is 6.92 Å². The van der Waals surface area contributed by atoms with Gasteiger partial charge in [-0.3, -0.25) is 0 Å². The molecule has 1 aromatic carbocycles. The number of nitrogens with one attached hydrogen (secondary N) is 1. The van der Waals surface area contributed by atoms with Crippen molar-refractivity contribution in [1.82, 2.24) is 10.3 Å². The van der Waals surface area contributed by atoms with E-state index >= 15 is 0 Å². The van der Waals surface area contributed by atoms with Gasteiger partial charge in [-0.05, 0) is 20.0 Å². The number of aryl methyl sites for hydroxylation is 1. The minimum Gasteiger partial charge on any atom is -0.405 e. The van der Waals surface area contributed by atoms with E-state index in [0.29, 0.717) is 10.6 Å². The Bertz CT molecular complexity index is 583. The molecule has 1 N–H and O–H groups in total. The molecule has 2 rings (SSSR count). The van der Waals surface area contributed by atoms with Crippen molar-refractivity contribution in [3.05, 3.63) is 45.9 Å². The standard InChI is InChI=1S/C13H13F3N2OS/c1-8-7-20-12(18-8)11(17-2)9-5-3-4-6-10(9)19-13(14,15)16/h3-7,11,17H,1-2H3. The van der Waals surface area contributed by atoms with Crippen molar-refractivity contribution in [1.29, 1.82) is 0 Å². The number of thiazole rings is 1. The lowest BCUT2D eigenvalue weighted by molar-refractivity contribution is -0.275. The first-order valence-corrected chi connectivity index (χ1v) is 6.72. The van der Waals surface area contributed by atoms with Gasteiger partial charge in [0.05, 0.1) is 6.04 Å². The zero-order chi connectivity index (χ0) is 14.8. The summed E-state index contributed by atoms with van der Waals surface area (Å²) in [7, 11) is 1.67. The van der Waals surface area contributed by atoms with Crippen LogP contribution in [0.15, 0.2) is 29.6 Å². The van der Waals surface area contributed by atoms with Crippen LogP contribution >= 0.6 is 11.3 Å². The van der Waals surface area contributed by atoms with Gasteiger partial charge < -0.3 is 10.1 Å². The summed E-state index contributed by atoms with van der Waals surface area (Å²) >= 11 is 1.39. The van der Waals surface area contributed by atoms with Crippen molar-refractivity contribution < 1.29 is 17.9 Å². The first-order valence-electron chi connectivity index (χ1n) is 5.84. The van der Waals surface area contributed by atoms with E-state index < -0.39 is 12.4 Å². The summed E-state index contributed by atoms with van der Waals surface area (Å²) in [4.78, 5) is 4.32. The van der Waals surface area contributed by atoms with Crippen LogP contribution in [0.3, 0.4) is 0 Å². The predicted octanol–water partition coefficient (Wildman–Crippen LogP) is 3.66. The number of halogens is 3. The van der Waals surface area contributed by atoms with E-state index in [0.717, 1.165) is 5.69 Å². The van der Waals surface area contributed by atoms with Crippen molar-refractivity contribution >= 4 is 11.3 Å². The van der Waals surface area contributed by atoms with Crippen LogP contribution in [0.5, 0.6) is 5.75 Å². The molecule has 1 heterocycles. The van der Waals surface area contributed by atoms with Crippen LogP contribution in [0.4, 0.5) is 13.2 Å². The second-order valence-corrected chi connectivity index (χ2v) is 5.02. The number of para-hydroxylation sites is 1. The van der Waals surface area contributed by atoms with Gasteiger partial charge in [0.15, 0.2) is 0 Å². The second kappa shape index (κ2) is 5.80. The molecule has 0 bridgehead atoms. The van der Waals surface area contributed by atoms with Crippen LogP contribution in [0.25, 0.3) is 0 Å². The third-order valence-electron chi connectivity index (χ3n) is 2.63. The summed E-state index contributed by atoms with van der Waals surface area (Å²) in [6, 6.07) is 5.63. The van der Waals surface area contributed by atoms with Gasteiger partial charge in [-0.25, -0.2) is 4.98 Å². The molecule has 0 aliphatic carbocycles. The van der Waals surface area contributed by atoms with Crippen molar-refractivity contribution in [3.63, 3.8) is 0 Å². The van der Waals surface area contributed by atoms with Crippen molar-refractivity contribution in [2.24, 2.45) is 0 Å². The summed E-state index contributed by atoms with van der Waals surface area (Å²) in [6.07, 6.45) is -4.72. The highest BCUT2D eigenvalue weighted by Gasteiger charge is 2.33. The Balaban J connectivity index is 2.39. The number of ether oxygens (including phenoxy) is 1. The van der Waals surface area contributed by atoms with Gasteiger partial charge in [0, 0.05) is 16.6 Å². The van der Waals surface area contributed by atoms with Crippen LogP contribution in [-0.4, -0.2) is 18.4 Å². The largest absolute Gasteiger partial charge is 0.573 e. The fourth-order valence-corrected chi connectivity index (χ4v) is 2.78. The van der Waals surface area contributed by atoms with Gasteiger partial charge in [0.2, 0.25) is 0 Å². The average Bonchev–Trinajstić information content (AvgIpc) is 2.77. The fourth-order valence-electron chi connectivity index (χ4n) is 1.85. The highest BCUT2D eigenvalue weighted by molar-refractivity contribution is 7.09. The molecule has 0 aliphatic rings. The zero-order valence-corrected chi connectivity index (χ0v) is 11.7. The van der Waals surface area contributed by atoms with E-state index in [9.17, 15) is 13.2 Å². The molecular formula is C13H13F3N2OS. The maximum atomic E-state index is 12.4. The summed E-state index contributed by atoms with van der Waals surface area (Å²) in [5.74, 6) is -0.216. The van der Waals surface area contributed by atoms with E-state index in [4.69, 9.17) is 0 Å². The molecule has 0 fully saturated rings. The molecule has 1 atom stereocenters. The lowest BCUT2D eigenvalue weighted by Crippen LogP contribution is -2.22. The van der Waals surface area contributed by atoms with Gasteiger partial charge in [-0.1, -0.05) is 18.2 Å². The lowest BCUT2D eigenvalue weighted by atomic mass is 10.1. The van der Waals surface area contributed by atoms with Gasteiger partial charge in [-0.2, -0.15) is 0 Å². The van der Waals surface area contributed by atoms with Crippen LogP contribution in [-0.2, 0) is 0 Å². The normalized spacial score (nSPS) is 13.2. The van der Waals surface area contributed by atoms with Gasteiger partial charge >= 0.3 is 6.36 Å². The van der Waals surface area contributed by atoms with E-state index in [1.54, 1.807) is 19.2 Å². The number of hydrogen-bond acceptors (Lipinski definition) is 4. The molecule has 0 aliphatic heterocycles. The molecular weight excluding hydrogens is 289 g/mol. The molecule has 0 spiro atoms. The monoisotopic (exact) mass is 302 g/mol. The van der Waals surface area contributed by atoms with Crippen molar-refractivity contribution in [2.75, 3.05) is 7.05 Å². The zero-order valence-electron chi connectivity index (χ0n) is 10.9. The predicted molar refractivity (Wildman–Crippen MR) is 70.9 cm³/mol. The molecule has 1 aromatic heterocycles. The Morgan fingerprint density at radius 1 is 1.30 bits per heavy atom. The quantitative estimate of drug-likeness (QED) is 0.936. The molecule has 0 saturated heterocycles. The minimum absolute atomic E-state index is 0.216. The summed E-state index contributed by atoms with van der Waals surface area (Å²) < 4.78 is 41.4. The van der Waals surface area contributed by atoms with E-state index in [2.05, 4.69) is 15.0 Å². The summed E-state index contributed by atoms with van der Waals surface area (Å²) in [6.45, 7) is 1.84. The SMILES string of the molecule is CNC(c1nc(C)cs1)c1ccccc1OC(F)(F)F. The summed E-state index contributed by atoms with van der Waals surface area (Å²) in [5, 5.41) is 5.53. The Hall–Kier alpha value is -1.60.